The first kappa shape index (κ1) is 17.0. The van der Waals surface area contributed by atoms with Gasteiger partial charge in [0.25, 0.3) is 0 Å². The lowest BCUT2D eigenvalue weighted by Gasteiger charge is -2.42. The molecule has 2 heteroatoms. The average molecular weight is 268 g/mol. The second-order valence-corrected chi connectivity index (χ2v) is 7.41. The molecule has 114 valence electrons. The highest BCUT2D eigenvalue weighted by Gasteiger charge is 2.33. The highest BCUT2D eigenvalue weighted by molar-refractivity contribution is 4.87. The summed E-state index contributed by atoms with van der Waals surface area (Å²) < 4.78 is 0. The number of hydrogen-bond acceptors (Lipinski definition) is 2. The van der Waals surface area contributed by atoms with Crippen molar-refractivity contribution in [1.82, 2.24) is 4.90 Å². The van der Waals surface area contributed by atoms with Gasteiger partial charge in [-0.3, -0.25) is 4.90 Å². The number of likely N-dealkylation sites (N-methyl/N-ethyl adjacent to an activating group) is 1. The second kappa shape index (κ2) is 7.64. The molecule has 1 atom stereocenters. The molecule has 0 spiro atoms. The van der Waals surface area contributed by atoms with Crippen LogP contribution in [0.2, 0.25) is 0 Å². The van der Waals surface area contributed by atoms with Gasteiger partial charge >= 0.3 is 0 Å². The predicted octanol–water partition coefficient (Wildman–Crippen LogP) is 3.90. The predicted molar refractivity (Wildman–Crippen MR) is 85.3 cm³/mol. The zero-order valence-corrected chi connectivity index (χ0v) is 13.9. The summed E-state index contributed by atoms with van der Waals surface area (Å²) in [6, 6.07) is 0.617. The molecule has 1 aliphatic carbocycles. The van der Waals surface area contributed by atoms with Crippen molar-refractivity contribution in [2.75, 3.05) is 19.6 Å². The molecule has 1 rings (SSSR count). The highest BCUT2D eigenvalue weighted by atomic mass is 15.2. The molecular weight excluding hydrogens is 232 g/mol. The van der Waals surface area contributed by atoms with Crippen LogP contribution in [0, 0.1) is 17.3 Å². The van der Waals surface area contributed by atoms with Crippen LogP contribution in [0.4, 0.5) is 0 Å². The van der Waals surface area contributed by atoms with Crippen LogP contribution in [-0.4, -0.2) is 30.6 Å². The molecule has 0 amide bonds. The van der Waals surface area contributed by atoms with Gasteiger partial charge in [0, 0.05) is 12.6 Å². The van der Waals surface area contributed by atoms with Gasteiger partial charge in [0.05, 0.1) is 0 Å². The third kappa shape index (κ3) is 4.75. The molecule has 0 aliphatic heterocycles. The van der Waals surface area contributed by atoms with E-state index in [1.807, 2.05) is 0 Å². The lowest BCUT2D eigenvalue weighted by molar-refractivity contribution is 0.0845. The van der Waals surface area contributed by atoms with Gasteiger partial charge in [-0.15, -0.1) is 0 Å². The van der Waals surface area contributed by atoms with E-state index in [0.717, 1.165) is 24.9 Å². The molecule has 0 aromatic rings. The van der Waals surface area contributed by atoms with Crippen molar-refractivity contribution in [2.24, 2.45) is 23.0 Å². The van der Waals surface area contributed by atoms with Gasteiger partial charge in [0.15, 0.2) is 0 Å². The van der Waals surface area contributed by atoms with Gasteiger partial charge < -0.3 is 5.73 Å². The molecule has 1 aliphatic rings. The fraction of sp³-hybridized carbons (Fsp3) is 1.00. The smallest absolute Gasteiger partial charge is 0.0246 e. The van der Waals surface area contributed by atoms with Crippen LogP contribution in [0.3, 0.4) is 0 Å². The van der Waals surface area contributed by atoms with Crippen molar-refractivity contribution in [3.8, 4) is 0 Å². The van der Waals surface area contributed by atoms with Crippen LogP contribution < -0.4 is 5.73 Å². The van der Waals surface area contributed by atoms with E-state index in [-0.39, 0.29) is 0 Å². The molecule has 1 fully saturated rings. The largest absolute Gasteiger partial charge is 0.329 e. The molecule has 0 aromatic carbocycles. The first-order valence-corrected chi connectivity index (χ1v) is 8.38. The molecule has 2 N–H and O–H groups in total. The van der Waals surface area contributed by atoms with Crippen LogP contribution in [0.5, 0.6) is 0 Å². The van der Waals surface area contributed by atoms with E-state index in [2.05, 4.69) is 39.5 Å². The Morgan fingerprint density at radius 1 is 1.11 bits per heavy atom. The van der Waals surface area contributed by atoms with Gasteiger partial charge in [-0.25, -0.2) is 0 Å². The number of hydrogen-bond donors (Lipinski definition) is 1. The van der Waals surface area contributed by atoms with Gasteiger partial charge in [-0.2, -0.15) is 0 Å². The molecule has 19 heavy (non-hydrogen) atoms. The topological polar surface area (TPSA) is 29.3 Å². The summed E-state index contributed by atoms with van der Waals surface area (Å²) >= 11 is 0. The van der Waals surface area contributed by atoms with E-state index in [9.17, 15) is 0 Å². The van der Waals surface area contributed by atoms with E-state index in [1.165, 1.54) is 38.6 Å². The van der Waals surface area contributed by atoms with E-state index < -0.39 is 0 Å². The summed E-state index contributed by atoms with van der Waals surface area (Å²) in [5.74, 6) is 1.73. The molecular formula is C17H36N2. The fourth-order valence-corrected chi connectivity index (χ4v) is 3.86. The van der Waals surface area contributed by atoms with E-state index >= 15 is 0 Å². The fourth-order valence-electron chi connectivity index (χ4n) is 3.86. The second-order valence-electron chi connectivity index (χ2n) is 7.41. The normalized spacial score (nSPS) is 26.7. The molecule has 0 saturated heterocycles. The minimum absolute atomic E-state index is 0.483. The lowest BCUT2D eigenvalue weighted by Crippen LogP contribution is -2.47. The van der Waals surface area contributed by atoms with Crippen LogP contribution in [-0.2, 0) is 0 Å². The monoisotopic (exact) mass is 268 g/mol. The highest BCUT2D eigenvalue weighted by Crippen LogP contribution is 2.41. The minimum Gasteiger partial charge on any atom is -0.329 e. The maximum Gasteiger partial charge on any atom is 0.0246 e. The molecule has 2 nitrogen and oxygen atoms in total. The summed E-state index contributed by atoms with van der Waals surface area (Å²) in [5.41, 5.74) is 6.57. The van der Waals surface area contributed by atoms with Crippen LogP contribution in [0.15, 0.2) is 0 Å². The summed E-state index contributed by atoms with van der Waals surface area (Å²) in [6.07, 6.45) is 6.79. The SMILES string of the molecule is CCCN(CC)C(CN)C1CCC(C(C)(C)C)CC1. The summed E-state index contributed by atoms with van der Waals surface area (Å²) in [7, 11) is 0. The van der Waals surface area contributed by atoms with Crippen molar-refractivity contribution in [2.45, 2.75) is 72.8 Å². The summed E-state index contributed by atoms with van der Waals surface area (Å²) in [5, 5.41) is 0. The first-order chi connectivity index (χ1) is 8.93. The molecule has 0 aromatic heterocycles. The molecule has 0 heterocycles. The van der Waals surface area contributed by atoms with Gasteiger partial charge in [0.2, 0.25) is 0 Å². The Hall–Kier alpha value is -0.0800. The van der Waals surface area contributed by atoms with Crippen molar-refractivity contribution >= 4 is 0 Å². The van der Waals surface area contributed by atoms with Gasteiger partial charge in [0.1, 0.15) is 0 Å². The van der Waals surface area contributed by atoms with Crippen LogP contribution >= 0.6 is 0 Å². The maximum absolute atomic E-state index is 6.09. The summed E-state index contributed by atoms with van der Waals surface area (Å²) in [6.45, 7) is 14.9. The molecule has 1 unspecified atom stereocenters. The van der Waals surface area contributed by atoms with E-state index in [1.54, 1.807) is 0 Å². The number of nitrogens with zero attached hydrogens (tertiary/aromatic N) is 1. The van der Waals surface area contributed by atoms with Crippen molar-refractivity contribution in [1.29, 1.82) is 0 Å². The number of nitrogens with two attached hydrogens (primary N) is 1. The molecule has 1 saturated carbocycles. The quantitative estimate of drug-likeness (QED) is 0.791. The Morgan fingerprint density at radius 3 is 2.05 bits per heavy atom. The Labute approximate surface area is 121 Å². The van der Waals surface area contributed by atoms with Crippen LogP contribution in [0.1, 0.15) is 66.7 Å². The summed E-state index contributed by atoms with van der Waals surface area (Å²) in [4.78, 5) is 2.61. The third-order valence-electron chi connectivity index (χ3n) is 5.17. The minimum atomic E-state index is 0.483. The van der Waals surface area contributed by atoms with Crippen LogP contribution in [0.25, 0.3) is 0 Å². The van der Waals surface area contributed by atoms with Gasteiger partial charge in [-0.1, -0.05) is 34.6 Å². The van der Waals surface area contributed by atoms with Crippen molar-refractivity contribution in [3.63, 3.8) is 0 Å². The number of rotatable bonds is 6. The van der Waals surface area contributed by atoms with Crippen molar-refractivity contribution < 1.29 is 0 Å². The van der Waals surface area contributed by atoms with E-state index in [4.69, 9.17) is 5.73 Å². The maximum atomic E-state index is 6.09. The Morgan fingerprint density at radius 2 is 1.68 bits per heavy atom. The average Bonchev–Trinajstić information content (AvgIpc) is 2.38. The Bertz CT molecular complexity index is 236. The zero-order valence-electron chi connectivity index (χ0n) is 13.9. The Kier molecular flexibility index (Phi) is 6.82. The van der Waals surface area contributed by atoms with Gasteiger partial charge in [-0.05, 0) is 62.4 Å². The Balaban J connectivity index is 2.56. The van der Waals surface area contributed by atoms with Crippen molar-refractivity contribution in [3.05, 3.63) is 0 Å². The van der Waals surface area contributed by atoms with E-state index in [0.29, 0.717) is 11.5 Å². The lowest BCUT2D eigenvalue weighted by atomic mass is 9.68. The standard InChI is InChI=1S/C17H36N2/c1-6-12-19(7-2)16(13-18)14-8-10-15(11-9-14)17(3,4)5/h14-16H,6-13,18H2,1-5H3. The first-order valence-electron chi connectivity index (χ1n) is 8.38. The third-order valence-corrected chi connectivity index (χ3v) is 5.17. The molecule has 0 radical (unpaired) electrons. The molecule has 0 bridgehead atoms. The zero-order chi connectivity index (χ0) is 14.5.